The highest BCUT2D eigenvalue weighted by Crippen LogP contribution is 2.45. The van der Waals surface area contributed by atoms with Crippen LogP contribution in [-0.4, -0.2) is 52.8 Å². The number of carboxylic acids is 1. The van der Waals surface area contributed by atoms with Crippen molar-refractivity contribution in [2.45, 2.75) is 38.7 Å². The maximum absolute atomic E-state index is 13.0. The molecule has 6 nitrogen and oxygen atoms in total. The van der Waals surface area contributed by atoms with Crippen LogP contribution in [0.2, 0.25) is 0 Å². The first-order valence-electron chi connectivity index (χ1n) is 8.90. The number of hydrogen-bond donors (Lipinski definition) is 2. The summed E-state index contributed by atoms with van der Waals surface area (Å²) in [6.07, 6.45) is 1.80. The Hall–Kier alpha value is -2.08. The van der Waals surface area contributed by atoms with Gasteiger partial charge in [0.05, 0.1) is 18.3 Å². The second-order valence-electron chi connectivity index (χ2n) is 7.07. The standard InChI is InChI=1S/C19H25NO5/c1-2-25-15-6-4-3-5-14(15)17(22)20-10-9-16(21)19(12-20,18(23)24)11-13-7-8-13/h3-6,13,16,21H,2,7-12H2,1H3,(H,23,24)/t16-,19+/m0/s1. The molecule has 0 radical (unpaired) electrons. The lowest BCUT2D eigenvalue weighted by Crippen LogP contribution is -2.57. The molecule has 2 fully saturated rings. The molecule has 1 aromatic rings. The monoisotopic (exact) mass is 347 g/mol. The Balaban J connectivity index is 1.85. The highest BCUT2D eigenvalue weighted by Gasteiger charge is 2.52. The van der Waals surface area contributed by atoms with Gasteiger partial charge in [-0.2, -0.15) is 0 Å². The van der Waals surface area contributed by atoms with Crippen molar-refractivity contribution in [2.75, 3.05) is 19.7 Å². The zero-order valence-electron chi connectivity index (χ0n) is 14.5. The first-order valence-corrected chi connectivity index (χ1v) is 8.90. The molecule has 2 N–H and O–H groups in total. The van der Waals surface area contributed by atoms with Gasteiger partial charge in [0.1, 0.15) is 11.2 Å². The van der Waals surface area contributed by atoms with Gasteiger partial charge in [-0.25, -0.2) is 0 Å². The number of ether oxygens (including phenoxy) is 1. The molecule has 1 aromatic carbocycles. The number of aliphatic hydroxyl groups is 1. The van der Waals surface area contributed by atoms with E-state index in [9.17, 15) is 19.8 Å². The fourth-order valence-corrected chi connectivity index (χ4v) is 3.68. The van der Waals surface area contributed by atoms with Crippen LogP contribution in [0.15, 0.2) is 24.3 Å². The molecule has 1 heterocycles. The number of carboxylic acid groups (broad SMARTS) is 1. The Morgan fingerprint density at radius 2 is 2.00 bits per heavy atom. The summed E-state index contributed by atoms with van der Waals surface area (Å²) in [6, 6.07) is 7.01. The van der Waals surface area contributed by atoms with E-state index < -0.39 is 17.5 Å². The smallest absolute Gasteiger partial charge is 0.314 e. The van der Waals surface area contributed by atoms with Crippen LogP contribution in [0.4, 0.5) is 0 Å². The number of piperidine rings is 1. The first-order chi connectivity index (χ1) is 12.0. The average molecular weight is 347 g/mol. The van der Waals surface area contributed by atoms with Crippen LogP contribution in [0.3, 0.4) is 0 Å². The molecule has 2 atom stereocenters. The van der Waals surface area contributed by atoms with Crippen molar-refractivity contribution in [3.8, 4) is 5.75 Å². The van der Waals surface area contributed by atoms with Crippen LogP contribution >= 0.6 is 0 Å². The van der Waals surface area contributed by atoms with Gasteiger partial charge >= 0.3 is 5.97 Å². The number of benzene rings is 1. The van der Waals surface area contributed by atoms with E-state index in [4.69, 9.17) is 4.74 Å². The summed E-state index contributed by atoms with van der Waals surface area (Å²) in [6.45, 7) is 2.69. The number of hydrogen-bond acceptors (Lipinski definition) is 4. The Kier molecular flexibility index (Phi) is 4.99. The molecule has 0 aromatic heterocycles. The Morgan fingerprint density at radius 1 is 1.28 bits per heavy atom. The lowest BCUT2D eigenvalue weighted by molar-refractivity contribution is -0.163. The Morgan fingerprint density at radius 3 is 2.64 bits per heavy atom. The molecule has 1 saturated heterocycles. The van der Waals surface area contributed by atoms with Gasteiger partial charge in [0.25, 0.3) is 5.91 Å². The number of carbonyl (C=O) groups excluding carboxylic acids is 1. The third-order valence-corrected chi connectivity index (χ3v) is 5.26. The molecule has 0 spiro atoms. The van der Waals surface area contributed by atoms with E-state index in [1.54, 1.807) is 29.2 Å². The van der Waals surface area contributed by atoms with Crippen LogP contribution in [0.5, 0.6) is 5.75 Å². The lowest BCUT2D eigenvalue weighted by atomic mass is 9.73. The molecule has 1 amide bonds. The molecular weight excluding hydrogens is 322 g/mol. The van der Waals surface area contributed by atoms with Crippen molar-refractivity contribution in [1.82, 2.24) is 4.90 Å². The fraction of sp³-hybridized carbons (Fsp3) is 0.579. The number of rotatable bonds is 6. The van der Waals surface area contributed by atoms with Crippen LogP contribution in [0, 0.1) is 11.3 Å². The largest absolute Gasteiger partial charge is 0.493 e. The predicted molar refractivity (Wildman–Crippen MR) is 91.5 cm³/mol. The van der Waals surface area contributed by atoms with Gasteiger partial charge in [-0.15, -0.1) is 0 Å². The van der Waals surface area contributed by atoms with Crippen molar-refractivity contribution in [3.05, 3.63) is 29.8 Å². The molecule has 6 heteroatoms. The molecule has 3 rings (SSSR count). The summed E-state index contributed by atoms with van der Waals surface area (Å²) in [5.74, 6) is -0.402. The van der Waals surface area contributed by atoms with E-state index in [-0.39, 0.29) is 18.9 Å². The van der Waals surface area contributed by atoms with Crippen molar-refractivity contribution in [3.63, 3.8) is 0 Å². The zero-order valence-corrected chi connectivity index (χ0v) is 14.5. The molecular formula is C19H25NO5. The van der Waals surface area contributed by atoms with Crippen molar-refractivity contribution < 1.29 is 24.5 Å². The second-order valence-corrected chi connectivity index (χ2v) is 7.07. The van der Waals surface area contributed by atoms with E-state index in [1.165, 1.54) is 0 Å². The number of likely N-dealkylation sites (tertiary alicyclic amines) is 1. The minimum atomic E-state index is -1.27. The Labute approximate surface area is 147 Å². The van der Waals surface area contributed by atoms with E-state index >= 15 is 0 Å². The van der Waals surface area contributed by atoms with Gasteiger partial charge < -0.3 is 19.8 Å². The van der Waals surface area contributed by atoms with E-state index in [0.29, 0.717) is 36.8 Å². The SMILES string of the molecule is CCOc1ccccc1C(=O)N1CC[C@H](O)[C@](CC2CC2)(C(=O)O)C1. The van der Waals surface area contributed by atoms with Crippen LogP contribution < -0.4 is 4.74 Å². The molecule has 25 heavy (non-hydrogen) atoms. The van der Waals surface area contributed by atoms with Crippen molar-refractivity contribution >= 4 is 11.9 Å². The number of amides is 1. The minimum absolute atomic E-state index is 0.0410. The molecule has 1 aliphatic carbocycles. The van der Waals surface area contributed by atoms with Gasteiger partial charge in [0.2, 0.25) is 0 Å². The number of nitrogens with zero attached hydrogens (tertiary/aromatic N) is 1. The quantitative estimate of drug-likeness (QED) is 0.823. The van der Waals surface area contributed by atoms with E-state index in [0.717, 1.165) is 12.8 Å². The lowest BCUT2D eigenvalue weighted by Gasteiger charge is -2.43. The van der Waals surface area contributed by atoms with Gasteiger partial charge in [-0.1, -0.05) is 25.0 Å². The third-order valence-electron chi connectivity index (χ3n) is 5.26. The van der Waals surface area contributed by atoms with Gasteiger partial charge in [0, 0.05) is 13.1 Å². The highest BCUT2D eigenvalue weighted by molar-refractivity contribution is 5.97. The van der Waals surface area contributed by atoms with Crippen molar-refractivity contribution in [2.24, 2.45) is 11.3 Å². The fourth-order valence-electron chi connectivity index (χ4n) is 3.68. The van der Waals surface area contributed by atoms with E-state index in [2.05, 4.69) is 0 Å². The maximum atomic E-state index is 13.0. The van der Waals surface area contributed by atoms with Gasteiger partial charge in [-0.3, -0.25) is 9.59 Å². The third kappa shape index (κ3) is 3.49. The zero-order chi connectivity index (χ0) is 18.0. The van der Waals surface area contributed by atoms with Gasteiger partial charge in [0.15, 0.2) is 0 Å². The number of aliphatic hydroxyl groups excluding tert-OH is 1. The number of para-hydroxylation sites is 1. The predicted octanol–water partition coefficient (Wildman–Crippen LogP) is 2.16. The summed E-state index contributed by atoms with van der Waals surface area (Å²) in [5.41, 5.74) is -0.832. The molecule has 0 unspecified atom stereocenters. The second kappa shape index (κ2) is 7.04. The maximum Gasteiger partial charge on any atom is 0.314 e. The summed E-state index contributed by atoms with van der Waals surface area (Å²) in [5, 5.41) is 20.3. The van der Waals surface area contributed by atoms with Crippen LogP contribution in [0.25, 0.3) is 0 Å². The van der Waals surface area contributed by atoms with E-state index in [1.807, 2.05) is 6.92 Å². The molecule has 136 valence electrons. The number of carbonyl (C=O) groups is 2. The topological polar surface area (TPSA) is 87.1 Å². The molecule has 1 aliphatic heterocycles. The summed E-state index contributed by atoms with van der Waals surface area (Å²) < 4.78 is 5.53. The summed E-state index contributed by atoms with van der Waals surface area (Å²) in [4.78, 5) is 26.5. The van der Waals surface area contributed by atoms with Crippen molar-refractivity contribution in [1.29, 1.82) is 0 Å². The molecule has 2 aliphatic rings. The normalized spacial score (nSPS) is 26.3. The average Bonchev–Trinajstić information content (AvgIpc) is 3.41. The minimum Gasteiger partial charge on any atom is -0.493 e. The first kappa shape index (κ1) is 17.7. The summed E-state index contributed by atoms with van der Waals surface area (Å²) in [7, 11) is 0. The van der Waals surface area contributed by atoms with Gasteiger partial charge in [-0.05, 0) is 37.8 Å². The highest BCUT2D eigenvalue weighted by atomic mass is 16.5. The molecule has 1 saturated carbocycles. The van der Waals surface area contributed by atoms with Crippen LogP contribution in [0.1, 0.15) is 43.0 Å². The van der Waals surface area contributed by atoms with Crippen LogP contribution in [-0.2, 0) is 4.79 Å². The number of aliphatic carboxylic acids is 1. The Bertz CT molecular complexity index is 657. The summed E-state index contributed by atoms with van der Waals surface area (Å²) >= 11 is 0. The molecule has 0 bridgehead atoms.